The fraction of sp³-hybridized carbons (Fsp3) is 0.636. The zero-order valence-corrected chi connectivity index (χ0v) is 9.96. The summed E-state index contributed by atoms with van der Waals surface area (Å²) in [5, 5.41) is 7.04. The minimum Gasteiger partial charge on any atom is -0.466 e. The molecule has 15 heavy (non-hydrogen) atoms. The predicted octanol–water partition coefficient (Wildman–Crippen LogP) is 2.10. The Bertz CT molecular complexity index is 263. The van der Waals surface area contributed by atoms with Crippen LogP contribution in [0.4, 0.5) is 0 Å². The Balaban J connectivity index is 0.000000288. The van der Waals surface area contributed by atoms with Crippen LogP contribution in [0, 0.1) is 0 Å². The summed E-state index contributed by atoms with van der Waals surface area (Å²) in [5.74, 6) is -0.211. The van der Waals surface area contributed by atoms with Crippen molar-refractivity contribution >= 4 is 5.97 Å². The molecule has 0 atom stereocenters. The molecule has 0 aliphatic rings. The Hall–Kier alpha value is -1.32. The molecule has 1 heterocycles. The van der Waals surface area contributed by atoms with E-state index in [0.29, 0.717) is 6.61 Å². The summed E-state index contributed by atoms with van der Waals surface area (Å²) in [6.07, 6.45) is 2.07. The number of hydrogen-bond acceptors (Lipinski definition) is 3. The SMILES string of the molecule is CCOC(C)=O.CCc1cc(CC)[nH]n1. The molecule has 0 aliphatic carbocycles. The zero-order valence-electron chi connectivity index (χ0n) is 9.96. The maximum atomic E-state index is 9.82. The van der Waals surface area contributed by atoms with E-state index in [-0.39, 0.29) is 5.97 Å². The van der Waals surface area contributed by atoms with Crippen LogP contribution in [0.1, 0.15) is 39.1 Å². The monoisotopic (exact) mass is 212 g/mol. The third kappa shape index (κ3) is 6.71. The van der Waals surface area contributed by atoms with Crippen molar-refractivity contribution in [1.29, 1.82) is 0 Å². The standard InChI is InChI=1S/C7H12N2.C4H8O2/c1-3-6-5-7(4-2)9-8-6;1-3-6-4(2)5/h5H,3-4H2,1-2H3,(H,8,9);3H2,1-2H3. The van der Waals surface area contributed by atoms with Crippen LogP contribution < -0.4 is 0 Å². The number of aryl methyl sites for hydroxylation is 2. The molecule has 4 nitrogen and oxygen atoms in total. The molecule has 1 rings (SSSR count). The van der Waals surface area contributed by atoms with Crippen LogP contribution in [-0.4, -0.2) is 22.8 Å². The molecule has 1 aromatic rings. The van der Waals surface area contributed by atoms with Gasteiger partial charge in [0.05, 0.1) is 12.3 Å². The van der Waals surface area contributed by atoms with E-state index in [1.807, 2.05) is 0 Å². The molecular formula is C11H20N2O2. The number of H-pyrrole nitrogens is 1. The van der Waals surface area contributed by atoms with Gasteiger partial charge in [-0.2, -0.15) is 5.10 Å². The maximum absolute atomic E-state index is 9.82. The van der Waals surface area contributed by atoms with Gasteiger partial charge in [0.1, 0.15) is 0 Å². The molecule has 1 aromatic heterocycles. The Kier molecular flexibility index (Phi) is 7.32. The molecule has 1 N–H and O–H groups in total. The summed E-state index contributed by atoms with van der Waals surface area (Å²) in [4.78, 5) is 9.82. The minimum absolute atomic E-state index is 0.211. The molecule has 0 saturated heterocycles. The van der Waals surface area contributed by atoms with Gasteiger partial charge >= 0.3 is 5.97 Å². The number of aromatic amines is 1. The highest BCUT2D eigenvalue weighted by Crippen LogP contribution is 1.99. The zero-order chi connectivity index (χ0) is 11.7. The molecule has 0 spiro atoms. The van der Waals surface area contributed by atoms with Crippen molar-refractivity contribution in [1.82, 2.24) is 10.2 Å². The summed E-state index contributed by atoms with van der Waals surface area (Å²) in [5.41, 5.74) is 2.39. The Morgan fingerprint density at radius 1 is 1.40 bits per heavy atom. The molecule has 0 aliphatic heterocycles. The van der Waals surface area contributed by atoms with E-state index in [0.717, 1.165) is 18.5 Å². The van der Waals surface area contributed by atoms with E-state index in [2.05, 4.69) is 34.8 Å². The number of rotatable bonds is 3. The molecule has 0 saturated carbocycles. The first-order valence-electron chi connectivity index (χ1n) is 5.30. The summed E-state index contributed by atoms with van der Waals surface area (Å²) >= 11 is 0. The van der Waals surface area contributed by atoms with Crippen LogP contribution >= 0.6 is 0 Å². The van der Waals surface area contributed by atoms with Crippen LogP contribution in [0.3, 0.4) is 0 Å². The predicted molar refractivity (Wildman–Crippen MR) is 59.7 cm³/mol. The maximum Gasteiger partial charge on any atom is 0.302 e. The first-order valence-corrected chi connectivity index (χ1v) is 5.30. The van der Waals surface area contributed by atoms with Crippen LogP contribution in [0.5, 0.6) is 0 Å². The van der Waals surface area contributed by atoms with E-state index in [4.69, 9.17) is 0 Å². The fourth-order valence-corrected chi connectivity index (χ4v) is 0.975. The fourth-order valence-electron chi connectivity index (χ4n) is 0.975. The number of nitrogens with zero attached hydrogens (tertiary/aromatic N) is 1. The van der Waals surface area contributed by atoms with E-state index >= 15 is 0 Å². The van der Waals surface area contributed by atoms with Crippen molar-refractivity contribution in [3.05, 3.63) is 17.5 Å². The third-order valence-corrected chi connectivity index (χ3v) is 1.77. The van der Waals surface area contributed by atoms with Crippen LogP contribution in [0.15, 0.2) is 6.07 Å². The molecule has 0 fully saturated rings. The first-order chi connectivity index (χ1) is 7.13. The average Bonchev–Trinajstić information content (AvgIpc) is 2.66. The van der Waals surface area contributed by atoms with E-state index in [9.17, 15) is 4.79 Å². The summed E-state index contributed by atoms with van der Waals surface area (Å²) in [7, 11) is 0. The van der Waals surface area contributed by atoms with Gasteiger partial charge in [-0.05, 0) is 25.8 Å². The van der Waals surface area contributed by atoms with Crippen molar-refractivity contribution in [2.45, 2.75) is 40.5 Å². The van der Waals surface area contributed by atoms with Gasteiger partial charge in [-0.3, -0.25) is 9.89 Å². The first kappa shape index (κ1) is 13.7. The van der Waals surface area contributed by atoms with Crippen molar-refractivity contribution in [3.8, 4) is 0 Å². The van der Waals surface area contributed by atoms with Gasteiger partial charge in [0.15, 0.2) is 0 Å². The lowest BCUT2D eigenvalue weighted by Crippen LogP contribution is -1.95. The van der Waals surface area contributed by atoms with Crippen LogP contribution in [0.25, 0.3) is 0 Å². The largest absolute Gasteiger partial charge is 0.466 e. The highest BCUT2D eigenvalue weighted by Gasteiger charge is 1.93. The number of ether oxygens (including phenoxy) is 1. The van der Waals surface area contributed by atoms with Crippen molar-refractivity contribution in [3.63, 3.8) is 0 Å². The normalized spacial score (nSPS) is 9.07. The summed E-state index contributed by atoms with van der Waals surface area (Å²) in [6.45, 7) is 7.88. The number of carbonyl (C=O) groups excluding carboxylic acids is 1. The van der Waals surface area contributed by atoms with Gasteiger partial charge in [-0.1, -0.05) is 13.8 Å². The Morgan fingerprint density at radius 2 is 2.07 bits per heavy atom. The quantitative estimate of drug-likeness (QED) is 0.781. The highest BCUT2D eigenvalue weighted by atomic mass is 16.5. The van der Waals surface area contributed by atoms with Gasteiger partial charge in [-0.25, -0.2) is 0 Å². The second-order valence-corrected chi connectivity index (χ2v) is 3.02. The summed E-state index contributed by atoms with van der Waals surface area (Å²) < 4.78 is 4.40. The average molecular weight is 212 g/mol. The Morgan fingerprint density at radius 3 is 2.27 bits per heavy atom. The third-order valence-electron chi connectivity index (χ3n) is 1.77. The molecule has 4 heteroatoms. The summed E-state index contributed by atoms with van der Waals surface area (Å²) in [6, 6.07) is 2.11. The number of aromatic nitrogens is 2. The minimum atomic E-state index is -0.211. The number of esters is 1. The number of hydrogen-bond donors (Lipinski definition) is 1. The Labute approximate surface area is 91.0 Å². The van der Waals surface area contributed by atoms with Gasteiger partial charge in [0.25, 0.3) is 0 Å². The van der Waals surface area contributed by atoms with Crippen LogP contribution in [0.2, 0.25) is 0 Å². The van der Waals surface area contributed by atoms with Gasteiger partial charge < -0.3 is 4.74 Å². The second-order valence-electron chi connectivity index (χ2n) is 3.02. The van der Waals surface area contributed by atoms with E-state index < -0.39 is 0 Å². The van der Waals surface area contributed by atoms with Crippen LogP contribution in [-0.2, 0) is 22.4 Å². The lowest BCUT2D eigenvalue weighted by atomic mass is 10.3. The van der Waals surface area contributed by atoms with E-state index in [1.54, 1.807) is 6.92 Å². The van der Waals surface area contributed by atoms with Gasteiger partial charge in [0.2, 0.25) is 0 Å². The lowest BCUT2D eigenvalue weighted by Gasteiger charge is -1.89. The van der Waals surface area contributed by atoms with Gasteiger partial charge in [-0.15, -0.1) is 0 Å². The van der Waals surface area contributed by atoms with Crippen molar-refractivity contribution in [2.75, 3.05) is 6.61 Å². The highest BCUT2D eigenvalue weighted by molar-refractivity contribution is 5.65. The number of carbonyl (C=O) groups is 1. The topological polar surface area (TPSA) is 55.0 Å². The molecule has 86 valence electrons. The second kappa shape index (κ2) is 8.03. The number of nitrogens with one attached hydrogen (secondary N) is 1. The van der Waals surface area contributed by atoms with Crippen molar-refractivity contribution < 1.29 is 9.53 Å². The lowest BCUT2D eigenvalue weighted by molar-refractivity contribution is -0.140. The van der Waals surface area contributed by atoms with Crippen molar-refractivity contribution in [2.24, 2.45) is 0 Å². The molecular weight excluding hydrogens is 192 g/mol. The van der Waals surface area contributed by atoms with Gasteiger partial charge in [0, 0.05) is 12.6 Å². The molecule has 0 amide bonds. The molecule has 0 bridgehead atoms. The molecule has 0 aromatic carbocycles. The molecule has 0 unspecified atom stereocenters. The molecule has 0 radical (unpaired) electrons. The van der Waals surface area contributed by atoms with E-state index in [1.165, 1.54) is 12.6 Å². The smallest absolute Gasteiger partial charge is 0.302 e.